The van der Waals surface area contributed by atoms with Crippen molar-refractivity contribution in [2.24, 2.45) is 0 Å². The normalized spacial score (nSPS) is 18.6. The zero-order valence-electron chi connectivity index (χ0n) is 17.2. The van der Waals surface area contributed by atoms with Gasteiger partial charge in [-0.2, -0.15) is 4.98 Å². The highest BCUT2D eigenvalue weighted by molar-refractivity contribution is 5.92. The van der Waals surface area contributed by atoms with E-state index in [4.69, 9.17) is 11.5 Å². The highest BCUT2D eigenvalue weighted by atomic mass is 16.4. The smallest absolute Gasteiger partial charge is 0.335 e. The predicted octanol–water partition coefficient (Wildman–Crippen LogP) is 2.49. The second kappa shape index (κ2) is 8.98. The standard InChI is InChI=1S/C21H30N6O2/c1-3-4-5-6-15-13-16(7-8-17(15)20(28)29)26-9-11-27(12-10-26)18-14(2)24-21(23)25-19(18)22/h6-8H,3-5,9-13H2,1-2H3,(H,28,29)(H4,22,23,24,25). The lowest BCUT2D eigenvalue weighted by atomic mass is 9.93. The number of nitrogens with two attached hydrogens (primary N) is 2. The largest absolute Gasteiger partial charge is 0.478 e. The number of piperazine rings is 1. The van der Waals surface area contributed by atoms with Gasteiger partial charge in [0.2, 0.25) is 5.95 Å². The lowest BCUT2D eigenvalue weighted by Crippen LogP contribution is -2.46. The third kappa shape index (κ3) is 4.70. The SMILES string of the molecule is CCCCC=C1CC(N2CCN(c3c(C)nc(N)nc3N)CC2)=CC=C1C(=O)O. The molecule has 0 amide bonds. The van der Waals surface area contributed by atoms with E-state index >= 15 is 0 Å². The van der Waals surface area contributed by atoms with Crippen molar-refractivity contribution >= 4 is 23.4 Å². The summed E-state index contributed by atoms with van der Waals surface area (Å²) in [5, 5.41) is 9.50. The molecule has 1 aromatic rings. The van der Waals surface area contributed by atoms with Crippen LogP contribution >= 0.6 is 0 Å². The summed E-state index contributed by atoms with van der Waals surface area (Å²) in [5.74, 6) is -0.254. The van der Waals surface area contributed by atoms with Crippen LogP contribution < -0.4 is 16.4 Å². The van der Waals surface area contributed by atoms with Gasteiger partial charge in [0.1, 0.15) is 5.69 Å². The summed E-state index contributed by atoms with van der Waals surface area (Å²) in [4.78, 5) is 24.4. The number of carboxylic acid groups (broad SMARTS) is 1. The van der Waals surface area contributed by atoms with E-state index in [1.165, 1.54) is 0 Å². The summed E-state index contributed by atoms with van der Waals surface area (Å²) in [5.41, 5.74) is 15.9. The topological polar surface area (TPSA) is 122 Å². The fourth-order valence-corrected chi connectivity index (χ4v) is 3.94. The van der Waals surface area contributed by atoms with Crippen LogP contribution in [-0.4, -0.2) is 52.1 Å². The lowest BCUT2D eigenvalue weighted by molar-refractivity contribution is -0.132. The number of nitrogen functional groups attached to an aromatic ring is 2. The number of allylic oxidation sites excluding steroid dienone is 4. The molecule has 2 aliphatic rings. The second-order valence-corrected chi connectivity index (χ2v) is 7.47. The van der Waals surface area contributed by atoms with Crippen LogP contribution in [0.2, 0.25) is 0 Å². The molecule has 0 atom stereocenters. The quantitative estimate of drug-likeness (QED) is 0.625. The zero-order chi connectivity index (χ0) is 21.0. The number of anilines is 3. The van der Waals surface area contributed by atoms with Crippen LogP contribution in [0.25, 0.3) is 0 Å². The molecule has 0 unspecified atom stereocenters. The number of nitrogens with zero attached hydrogens (tertiary/aromatic N) is 4. The van der Waals surface area contributed by atoms with Crippen molar-refractivity contribution in [2.45, 2.75) is 39.5 Å². The van der Waals surface area contributed by atoms with Crippen LogP contribution in [-0.2, 0) is 4.79 Å². The maximum absolute atomic E-state index is 11.6. The Morgan fingerprint density at radius 2 is 1.86 bits per heavy atom. The van der Waals surface area contributed by atoms with E-state index in [0.29, 0.717) is 17.8 Å². The lowest BCUT2D eigenvalue weighted by Gasteiger charge is -2.39. The molecular formula is C21H30N6O2. The number of aromatic nitrogens is 2. The molecule has 29 heavy (non-hydrogen) atoms. The molecule has 1 saturated heterocycles. The fourth-order valence-electron chi connectivity index (χ4n) is 3.94. The monoisotopic (exact) mass is 398 g/mol. The Bertz CT molecular complexity index is 843. The molecule has 1 aliphatic heterocycles. The third-order valence-electron chi connectivity index (χ3n) is 5.44. The zero-order valence-corrected chi connectivity index (χ0v) is 17.2. The van der Waals surface area contributed by atoms with E-state index in [9.17, 15) is 9.90 Å². The number of hydrogen-bond acceptors (Lipinski definition) is 7. The molecule has 0 bridgehead atoms. The molecule has 8 heteroatoms. The van der Waals surface area contributed by atoms with Crippen LogP contribution in [0.4, 0.5) is 17.5 Å². The number of carbonyl (C=O) groups is 1. The van der Waals surface area contributed by atoms with E-state index in [1.807, 2.05) is 13.0 Å². The van der Waals surface area contributed by atoms with Crippen molar-refractivity contribution in [2.75, 3.05) is 42.5 Å². The molecule has 1 aliphatic carbocycles. The van der Waals surface area contributed by atoms with Crippen LogP contribution in [0, 0.1) is 6.92 Å². The molecule has 0 aromatic carbocycles. The van der Waals surface area contributed by atoms with E-state index in [2.05, 4.69) is 32.8 Å². The number of hydrogen-bond donors (Lipinski definition) is 3. The molecule has 0 spiro atoms. The molecule has 2 heterocycles. The third-order valence-corrected chi connectivity index (χ3v) is 5.44. The Kier molecular flexibility index (Phi) is 6.41. The van der Waals surface area contributed by atoms with Crippen LogP contribution in [0.5, 0.6) is 0 Å². The van der Waals surface area contributed by atoms with Gasteiger partial charge in [0.05, 0.1) is 11.3 Å². The first kappa shape index (κ1) is 20.7. The van der Waals surface area contributed by atoms with Gasteiger partial charge in [-0.3, -0.25) is 0 Å². The average molecular weight is 399 g/mol. The van der Waals surface area contributed by atoms with Crippen LogP contribution in [0.3, 0.4) is 0 Å². The van der Waals surface area contributed by atoms with Gasteiger partial charge in [0.15, 0.2) is 5.82 Å². The van der Waals surface area contributed by atoms with Gasteiger partial charge < -0.3 is 26.4 Å². The molecule has 156 valence electrons. The van der Waals surface area contributed by atoms with Crippen molar-refractivity contribution in [3.8, 4) is 0 Å². The van der Waals surface area contributed by atoms with Crippen molar-refractivity contribution < 1.29 is 9.90 Å². The van der Waals surface area contributed by atoms with Gasteiger partial charge in [0.25, 0.3) is 0 Å². The number of carboxylic acids is 1. The van der Waals surface area contributed by atoms with Crippen LogP contribution in [0.15, 0.2) is 35.1 Å². The van der Waals surface area contributed by atoms with Gasteiger partial charge in [-0.05, 0) is 31.1 Å². The predicted molar refractivity (Wildman–Crippen MR) is 115 cm³/mol. The van der Waals surface area contributed by atoms with Crippen molar-refractivity contribution in [1.29, 1.82) is 0 Å². The maximum atomic E-state index is 11.6. The molecule has 1 fully saturated rings. The summed E-state index contributed by atoms with van der Waals surface area (Å²) in [6.45, 7) is 7.27. The van der Waals surface area contributed by atoms with E-state index in [-0.39, 0.29) is 5.95 Å². The summed E-state index contributed by atoms with van der Waals surface area (Å²) in [7, 11) is 0. The first-order valence-electron chi connectivity index (χ1n) is 10.1. The fraction of sp³-hybridized carbons (Fsp3) is 0.476. The van der Waals surface area contributed by atoms with E-state index in [1.54, 1.807) is 6.08 Å². The Balaban J connectivity index is 1.71. The van der Waals surface area contributed by atoms with Crippen molar-refractivity contribution in [3.05, 3.63) is 40.8 Å². The van der Waals surface area contributed by atoms with E-state index in [0.717, 1.165) is 68.1 Å². The highest BCUT2D eigenvalue weighted by Crippen LogP contribution is 2.31. The molecule has 1 aromatic heterocycles. The minimum Gasteiger partial charge on any atom is -0.478 e. The van der Waals surface area contributed by atoms with Crippen molar-refractivity contribution in [1.82, 2.24) is 14.9 Å². The highest BCUT2D eigenvalue weighted by Gasteiger charge is 2.25. The molecule has 5 N–H and O–H groups in total. The summed E-state index contributed by atoms with van der Waals surface area (Å²) < 4.78 is 0. The Hall–Kier alpha value is -3.03. The molecular weight excluding hydrogens is 368 g/mol. The van der Waals surface area contributed by atoms with Crippen LogP contribution in [0.1, 0.15) is 38.3 Å². The maximum Gasteiger partial charge on any atom is 0.335 e. The minimum atomic E-state index is -0.859. The van der Waals surface area contributed by atoms with Gasteiger partial charge in [0, 0.05) is 38.3 Å². The Labute approximate surface area is 171 Å². The summed E-state index contributed by atoms with van der Waals surface area (Å²) in [6, 6.07) is 0. The number of aryl methyl sites for hydroxylation is 1. The van der Waals surface area contributed by atoms with Gasteiger partial charge >= 0.3 is 5.97 Å². The number of rotatable bonds is 6. The Morgan fingerprint density at radius 1 is 1.17 bits per heavy atom. The second-order valence-electron chi connectivity index (χ2n) is 7.47. The number of aliphatic carboxylic acids is 1. The average Bonchev–Trinajstić information content (AvgIpc) is 2.68. The van der Waals surface area contributed by atoms with Crippen molar-refractivity contribution in [3.63, 3.8) is 0 Å². The van der Waals surface area contributed by atoms with E-state index < -0.39 is 5.97 Å². The minimum absolute atomic E-state index is 0.193. The van der Waals surface area contributed by atoms with Gasteiger partial charge in [-0.25, -0.2) is 9.78 Å². The molecule has 0 saturated carbocycles. The first-order chi connectivity index (χ1) is 13.9. The summed E-state index contributed by atoms with van der Waals surface area (Å²) in [6.07, 6.45) is 9.50. The molecule has 8 nitrogen and oxygen atoms in total. The Morgan fingerprint density at radius 3 is 2.48 bits per heavy atom. The summed E-state index contributed by atoms with van der Waals surface area (Å²) >= 11 is 0. The van der Waals surface area contributed by atoms with Gasteiger partial charge in [-0.1, -0.05) is 25.8 Å². The molecule has 0 radical (unpaired) electrons. The number of unbranched alkanes of at least 4 members (excludes halogenated alkanes) is 2. The van der Waals surface area contributed by atoms with Gasteiger partial charge in [-0.15, -0.1) is 0 Å². The first-order valence-corrected chi connectivity index (χ1v) is 10.1. The molecule has 3 rings (SSSR count).